The summed E-state index contributed by atoms with van der Waals surface area (Å²) in [6.45, 7) is 1.22. The van der Waals surface area contributed by atoms with Gasteiger partial charge in [0.1, 0.15) is 12.4 Å². The second-order valence-corrected chi connectivity index (χ2v) is 9.67. The summed E-state index contributed by atoms with van der Waals surface area (Å²) in [5, 5.41) is 0.652. The van der Waals surface area contributed by atoms with Crippen molar-refractivity contribution in [2.45, 2.75) is 19.1 Å². The van der Waals surface area contributed by atoms with Crippen LogP contribution in [0.1, 0.15) is 24.1 Å². The van der Waals surface area contributed by atoms with E-state index in [0.717, 1.165) is 15.9 Å². The van der Waals surface area contributed by atoms with Crippen LogP contribution in [0.15, 0.2) is 63.5 Å². The fourth-order valence-electron chi connectivity index (χ4n) is 3.83. The Morgan fingerprint density at radius 1 is 1.21 bits per heavy atom. The van der Waals surface area contributed by atoms with Crippen LogP contribution in [0.5, 0.6) is 5.75 Å². The molecule has 0 unspecified atom stereocenters. The number of hydrogen-bond acceptors (Lipinski definition) is 6. The number of allylic oxidation sites excluding steroid dienone is 1. The van der Waals surface area contributed by atoms with E-state index in [-0.39, 0.29) is 28.1 Å². The molecular formula is C26H17Cl2F3N2O4S. The first-order chi connectivity index (χ1) is 18.0. The van der Waals surface area contributed by atoms with Crippen molar-refractivity contribution in [1.29, 1.82) is 0 Å². The van der Waals surface area contributed by atoms with E-state index in [1.165, 1.54) is 43.3 Å². The molecule has 0 fully saturated rings. The van der Waals surface area contributed by atoms with Crippen molar-refractivity contribution < 1.29 is 27.4 Å². The van der Waals surface area contributed by atoms with Crippen LogP contribution in [0.4, 0.5) is 13.2 Å². The minimum absolute atomic E-state index is 0.0298. The maximum atomic E-state index is 14.2. The zero-order chi connectivity index (χ0) is 27.6. The fourth-order valence-corrected chi connectivity index (χ4v) is 5.12. The highest BCUT2D eigenvalue weighted by Gasteiger charge is 2.45. The number of nitrogens with zero attached hydrogens (tertiary/aromatic N) is 2. The zero-order valence-corrected chi connectivity index (χ0v) is 21.8. The van der Waals surface area contributed by atoms with Crippen molar-refractivity contribution in [2.24, 2.45) is 4.99 Å². The number of terminal acetylenes is 1. The summed E-state index contributed by atoms with van der Waals surface area (Å²) in [7, 11) is 0. The third-order valence-corrected chi connectivity index (χ3v) is 6.82. The molecule has 0 N–H and O–H groups in total. The van der Waals surface area contributed by atoms with Crippen LogP contribution in [0.3, 0.4) is 0 Å². The molecule has 2 heterocycles. The largest absolute Gasteiger partial charge is 0.480 e. The molecule has 1 aliphatic heterocycles. The van der Waals surface area contributed by atoms with E-state index in [1.807, 2.05) is 0 Å². The Kier molecular flexibility index (Phi) is 8.02. The van der Waals surface area contributed by atoms with Crippen molar-refractivity contribution in [1.82, 2.24) is 4.57 Å². The van der Waals surface area contributed by atoms with Gasteiger partial charge in [0.15, 0.2) is 10.5 Å². The lowest BCUT2D eigenvalue weighted by Gasteiger charge is -2.26. The van der Waals surface area contributed by atoms with E-state index >= 15 is 0 Å². The number of fused-ring (bicyclic) bond motifs is 1. The lowest BCUT2D eigenvalue weighted by Crippen LogP contribution is -2.41. The molecule has 0 bridgehead atoms. The Balaban J connectivity index is 2.03. The van der Waals surface area contributed by atoms with E-state index in [2.05, 4.69) is 10.9 Å². The van der Waals surface area contributed by atoms with Crippen molar-refractivity contribution in [3.63, 3.8) is 0 Å². The summed E-state index contributed by atoms with van der Waals surface area (Å²) < 4.78 is 54.1. The number of alkyl halides is 3. The average molecular weight is 581 g/mol. The van der Waals surface area contributed by atoms with Gasteiger partial charge in [0.05, 0.1) is 22.8 Å². The van der Waals surface area contributed by atoms with Gasteiger partial charge in [-0.2, -0.15) is 13.2 Å². The molecule has 4 rings (SSSR count). The molecule has 0 radical (unpaired) electrons. The van der Waals surface area contributed by atoms with Gasteiger partial charge in [-0.25, -0.2) is 9.79 Å². The number of carbonyl (C=O) groups is 1. The van der Waals surface area contributed by atoms with Crippen LogP contribution < -0.4 is 19.6 Å². The molecule has 12 heteroatoms. The Labute approximate surface area is 228 Å². The van der Waals surface area contributed by atoms with Crippen molar-refractivity contribution in [3.05, 3.63) is 94.6 Å². The third-order valence-electron chi connectivity index (χ3n) is 5.35. The number of carbonyl (C=O) groups excluding carboxylic acids is 1. The molecule has 0 saturated carbocycles. The summed E-state index contributed by atoms with van der Waals surface area (Å²) in [6.07, 6.45) is 1.68. The van der Waals surface area contributed by atoms with Gasteiger partial charge in [0.25, 0.3) is 5.56 Å². The number of hydrogen-bond donors (Lipinski definition) is 0. The average Bonchev–Trinajstić information content (AvgIpc) is 3.17. The molecule has 1 atom stereocenters. The lowest BCUT2D eigenvalue weighted by atomic mass is 9.95. The molecule has 0 aliphatic carbocycles. The Hall–Kier alpha value is -3.52. The number of aromatic nitrogens is 1. The Bertz CT molecular complexity index is 1650. The summed E-state index contributed by atoms with van der Waals surface area (Å²) in [6, 6.07) is 8.93. The number of esters is 1. The highest BCUT2D eigenvalue weighted by Crippen LogP contribution is 2.38. The fraction of sp³-hybridized carbons (Fsp3) is 0.192. The van der Waals surface area contributed by atoms with Gasteiger partial charge in [0, 0.05) is 15.6 Å². The van der Waals surface area contributed by atoms with Gasteiger partial charge in [-0.05, 0) is 48.9 Å². The number of rotatable bonds is 6. The second kappa shape index (κ2) is 11.1. The van der Waals surface area contributed by atoms with Gasteiger partial charge in [-0.1, -0.05) is 52.6 Å². The van der Waals surface area contributed by atoms with Crippen LogP contribution >= 0.6 is 34.5 Å². The summed E-state index contributed by atoms with van der Waals surface area (Å²) >= 11 is 12.8. The lowest BCUT2D eigenvalue weighted by molar-refractivity contribution is -0.140. The highest BCUT2D eigenvalue weighted by atomic mass is 35.5. The quantitative estimate of drug-likeness (QED) is 0.314. The van der Waals surface area contributed by atoms with Crippen LogP contribution in [0.2, 0.25) is 10.0 Å². The molecule has 1 aromatic heterocycles. The number of thiazole rings is 1. The summed E-state index contributed by atoms with van der Waals surface area (Å²) in [4.78, 5) is 30.0. The first kappa shape index (κ1) is 27.5. The first-order valence-corrected chi connectivity index (χ1v) is 12.5. The molecule has 6 nitrogen and oxygen atoms in total. The maximum Gasteiger partial charge on any atom is 0.434 e. The Morgan fingerprint density at radius 2 is 1.89 bits per heavy atom. The minimum Gasteiger partial charge on any atom is -0.480 e. The molecule has 0 saturated heterocycles. The predicted molar refractivity (Wildman–Crippen MR) is 138 cm³/mol. The maximum absolute atomic E-state index is 14.2. The van der Waals surface area contributed by atoms with E-state index in [0.29, 0.717) is 21.4 Å². The first-order valence-electron chi connectivity index (χ1n) is 11.0. The second-order valence-electron chi connectivity index (χ2n) is 7.79. The SMILES string of the molecule is C#CCOc1ccc(Cl)cc1/C=c1\sc2n(c1=O)[C@H](c1ccc(Cl)cc1)C(C(=O)OCC)=C(C(F)(F)F)N=2. The normalized spacial score (nSPS) is 15.5. The zero-order valence-electron chi connectivity index (χ0n) is 19.5. The van der Waals surface area contributed by atoms with Gasteiger partial charge in [-0.3, -0.25) is 9.36 Å². The molecule has 1 aliphatic rings. The smallest absolute Gasteiger partial charge is 0.434 e. The van der Waals surface area contributed by atoms with E-state index in [1.54, 1.807) is 12.1 Å². The van der Waals surface area contributed by atoms with Crippen LogP contribution in [-0.4, -0.2) is 29.9 Å². The van der Waals surface area contributed by atoms with Gasteiger partial charge >= 0.3 is 12.1 Å². The van der Waals surface area contributed by atoms with Crippen LogP contribution in [-0.2, 0) is 9.53 Å². The molecule has 0 spiro atoms. The third kappa shape index (κ3) is 5.50. The standard InChI is InChI=1S/C26H17Cl2F3N2O4S/c1-3-11-37-18-10-9-17(28)12-15(18)13-19-23(34)33-21(14-5-7-16(27)8-6-14)20(24(35)36-4-2)22(26(29,30)31)32-25(33)38-19/h1,5-10,12-13,21H,4,11H2,2H3/b19-13-/t21-/m1/s1. The van der Waals surface area contributed by atoms with E-state index < -0.39 is 35.0 Å². The molecule has 2 aromatic carbocycles. The van der Waals surface area contributed by atoms with Crippen molar-refractivity contribution >= 4 is 46.6 Å². The molecule has 38 heavy (non-hydrogen) atoms. The number of benzene rings is 2. The topological polar surface area (TPSA) is 69.9 Å². The van der Waals surface area contributed by atoms with Gasteiger partial charge in [0.2, 0.25) is 0 Å². The molecule has 196 valence electrons. The molecule has 3 aromatic rings. The van der Waals surface area contributed by atoms with E-state index in [4.69, 9.17) is 39.1 Å². The molecular weight excluding hydrogens is 564 g/mol. The van der Waals surface area contributed by atoms with Crippen LogP contribution in [0, 0.1) is 12.3 Å². The Morgan fingerprint density at radius 3 is 2.53 bits per heavy atom. The number of halogens is 5. The summed E-state index contributed by atoms with van der Waals surface area (Å²) in [5.41, 5.74) is -2.34. The predicted octanol–water partition coefficient (Wildman–Crippen LogP) is 4.66. The van der Waals surface area contributed by atoms with Gasteiger partial charge in [-0.15, -0.1) is 6.42 Å². The highest BCUT2D eigenvalue weighted by molar-refractivity contribution is 7.07. The number of ether oxygens (including phenoxy) is 2. The van der Waals surface area contributed by atoms with Crippen LogP contribution in [0.25, 0.3) is 6.08 Å². The van der Waals surface area contributed by atoms with E-state index in [9.17, 15) is 22.8 Å². The van der Waals surface area contributed by atoms with Crippen molar-refractivity contribution in [2.75, 3.05) is 13.2 Å². The molecule has 0 amide bonds. The van der Waals surface area contributed by atoms with Crippen molar-refractivity contribution in [3.8, 4) is 18.1 Å². The monoisotopic (exact) mass is 580 g/mol. The van der Waals surface area contributed by atoms with Gasteiger partial charge < -0.3 is 9.47 Å². The summed E-state index contributed by atoms with van der Waals surface area (Å²) in [5.74, 6) is 1.41. The minimum atomic E-state index is -5.01.